The van der Waals surface area contributed by atoms with Crippen molar-refractivity contribution in [1.29, 1.82) is 0 Å². The molecule has 0 saturated carbocycles. The molecule has 0 aliphatic rings. The number of nitrogens with one attached hydrogen (secondary N) is 1. The summed E-state index contributed by atoms with van der Waals surface area (Å²) in [5.74, 6) is -0.790. The van der Waals surface area contributed by atoms with E-state index in [0.717, 1.165) is 11.8 Å². The van der Waals surface area contributed by atoms with Crippen LogP contribution in [0.4, 0.5) is 5.69 Å². The molecular weight excluding hydrogens is 412 g/mol. The number of hydrogen-bond acceptors (Lipinski definition) is 5. The lowest BCUT2D eigenvalue weighted by Gasteiger charge is -2.12. The topological polar surface area (TPSA) is 107 Å². The van der Waals surface area contributed by atoms with Crippen molar-refractivity contribution in [2.24, 2.45) is 5.73 Å². The van der Waals surface area contributed by atoms with Crippen LogP contribution in [0.2, 0.25) is 5.02 Å². The number of hydrogen-bond donors (Lipinski definition) is 2. The highest BCUT2D eigenvalue weighted by atomic mass is 35.5. The van der Waals surface area contributed by atoms with Crippen molar-refractivity contribution < 1.29 is 9.59 Å². The lowest BCUT2D eigenvalue weighted by atomic mass is 10.2. The Morgan fingerprint density at radius 1 is 1.24 bits per heavy atom. The Hall–Kier alpha value is -3.10. The van der Waals surface area contributed by atoms with Crippen molar-refractivity contribution in [3.8, 4) is 0 Å². The van der Waals surface area contributed by atoms with Crippen LogP contribution in [0.3, 0.4) is 0 Å². The molecule has 9 heteroatoms. The minimum atomic E-state index is -0.541. The standard InChI is InChI=1S/C20H17ClN4O3S/c1-2-9-25-19(28)15-8-5-13(21)10-16(15)24-20(25)29-11-17(26)23-14-6-3-12(4-7-14)18(22)27/h2-8,10H,1,9,11H2,(H2,22,27)(H,23,26). The molecule has 0 atom stereocenters. The van der Waals surface area contributed by atoms with Gasteiger partial charge in [0, 0.05) is 22.8 Å². The van der Waals surface area contributed by atoms with Crippen LogP contribution in [-0.2, 0) is 11.3 Å². The fourth-order valence-electron chi connectivity index (χ4n) is 2.62. The molecule has 3 rings (SSSR count). The Morgan fingerprint density at radius 3 is 2.62 bits per heavy atom. The quantitative estimate of drug-likeness (QED) is 0.341. The Bertz CT molecular complexity index is 1160. The van der Waals surface area contributed by atoms with E-state index in [1.165, 1.54) is 16.7 Å². The van der Waals surface area contributed by atoms with Crippen LogP contribution in [0.25, 0.3) is 10.9 Å². The zero-order chi connectivity index (χ0) is 21.0. The average Bonchev–Trinajstić information content (AvgIpc) is 2.69. The molecule has 29 heavy (non-hydrogen) atoms. The number of allylic oxidation sites excluding steroid dienone is 1. The van der Waals surface area contributed by atoms with Gasteiger partial charge in [-0.15, -0.1) is 6.58 Å². The Morgan fingerprint density at radius 2 is 1.97 bits per heavy atom. The number of carbonyl (C=O) groups is 2. The third kappa shape index (κ3) is 4.85. The van der Waals surface area contributed by atoms with Gasteiger partial charge in [-0.1, -0.05) is 29.4 Å². The minimum absolute atomic E-state index is 0.0349. The van der Waals surface area contributed by atoms with Crippen LogP contribution >= 0.6 is 23.4 Å². The van der Waals surface area contributed by atoms with Gasteiger partial charge in [0.25, 0.3) is 5.56 Å². The molecule has 1 aromatic heterocycles. The van der Waals surface area contributed by atoms with Crippen molar-refractivity contribution in [3.05, 3.63) is 76.1 Å². The number of nitrogens with two attached hydrogens (primary N) is 1. The molecule has 2 amide bonds. The van der Waals surface area contributed by atoms with Crippen LogP contribution in [-0.4, -0.2) is 27.1 Å². The number of amides is 2. The van der Waals surface area contributed by atoms with Crippen molar-refractivity contribution in [2.45, 2.75) is 11.7 Å². The van der Waals surface area contributed by atoms with Crippen LogP contribution in [0, 0.1) is 0 Å². The maximum absolute atomic E-state index is 12.8. The van der Waals surface area contributed by atoms with Crippen LogP contribution in [0.5, 0.6) is 0 Å². The molecular formula is C20H17ClN4O3S. The second-order valence-corrected chi connectivity index (χ2v) is 7.42. The summed E-state index contributed by atoms with van der Waals surface area (Å²) in [6.45, 7) is 3.94. The van der Waals surface area contributed by atoms with Crippen molar-refractivity contribution in [1.82, 2.24) is 9.55 Å². The summed E-state index contributed by atoms with van der Waals surface area (Å²) in [5, 5.41) is 4.03. The predicted molar refractivity (Wildman–Crippen MR) is 116 cm³/mol. The number of rotatable bonds is 7. The van der Waals surface area contributed by atoms with Crippen LogP contribution in [0.15, 0.2) is 65.1 Å². The number of halogens is 1. The molecule has 3 aromatic rings. The average molecular weight is 429 g/mol. The highest BCUT2D eigenvalue weighted by Gasteiger charge is 2.13. The Labute approximate surface area is 175 Å². The fourth-order valence-corrected chi connectivity index (χ4v) is 3.59. The Balaban J connectivity index is 1.79. The zero-order valence-electron chi connectivity index (χ0n) is 15.2. The van der Waals surface area contributed by atoms with Gasteiger partial charge in [-0.25, -0.2) is 4.98 Å². The van der Waals surface area contributed by atoms with E-state index in [1.807, 2.05) is 0 Å². The molecule has 0 aliphatic heterocycles. The Kier molecular flexibility index (Phi) is 6.36. The predicted octanol–water partition coefficient (Wildman–Crippen LogP) is 3.07. The molecule has 7 nitrogen and oxygen atoms in total. The number of thioether (sulfide) groups is 1. The summed E-state index contributed by atoms with van der Waals surface area (Å²) >= 11 is 7.14. The van der Waals surface area contributed by atoms with Gasteiger partial charge in [-0.3, -0.25) is 19.0 Å². The highest BCUT2D eigenvalue weighted by molar-refractivity contribution is 7.99. The summed E-state index contributed by atoms with van der Waals surface area (Å²) in [6, 6.07) is 11.1. The zero-order valence-corrected chi connectivity index (χ0v) is 16.8. The molecule has 0 fully saturated rings. The van der Waals surface area contributed by atoms with Gasteiger partial charge < -0.3 is 11.1 Å². The van der Waals surface area contributed by atoms with E-state index in [0.29, 0.717) is 32.3 Å². The summed E-state index contributed by atoms with van der Waals surface area (Å²) in [6.07, 6.45) is 1.59. The third-order valence-corrected chi connectivity index (χ3v) is 5.19. The summed E-state index contributed by atoms with van der Waals surface area (Å²) in [5.41, 5.74) is 6.32. The summed E-state index contributed by atoms with van der Waals surface area (Å²) < 4.78 is 1.46. The normalized spacial score (nSPS) is 10.7. The van der Waals surface area contributed by atoms with E-state index in [1.54, 1.807) is 36.4 Å². The van der Waals surface area contributed by atoms with Gasteiger partial charge in [-0.05, 0) is 42.5 Å². The molecule has 0 bridgehead atoms. The number of anilines is 1. The largest absolute Gasteiger partial charge is 0.366 e. The first-order valence-corrected chi connectivity index (χ1v) is 9.89. The monoisotopic (exact) mass is 428 g/mol. The number of benzene rings is 2. The summed E-state index contributed by atoms with van der Waals surface area (Å²) in [7, 11) is 0. The maximum Gasteiger partial charge on any atom is 0.262 e. The van der Waals surface area contributed by atoms with E-state index >= 15 is 0 Å². The van der Waals surface area contributed by atoms with E-state index in [-0.39, 0.29) is 23.8 Å². The second kappa shape index (κ2) is 8.93. The van der Waals surface area contributed by atoms with E-state index < -0.39 is 5.91 Å². The summed E-state index contributed by atoms with van der Waals surface area (Å²) in [4.78, 5) is 40.6. The van der Waals surface area contributed by atoms with E-state index in [9.17, 15) is 14.4 Å². The first-order valence-electron chi connectivity index (χ1n) is 8.52. The molecule has 148 valence electrons. The number of nitrogens with zero attached hydrogens (tertiary/aromatic N) is 2. The fraction of sp³-hybridized carbons (Fsp3) is 0.100. The lowest BCUT2D eigenvalue weighted by molar-refractivity contribution is -0.113. The van der Waals surface area contributed by atoms with Crippen LogP contribution in [0.1, 0.15) is 10.4 Å². The number of primary amides is 1. The van der Waals surface area contributed by atoms with Gasteiger partial charge in [0.2, 0.25) is 11.8 Å². The minimum Gasteiger partial charge on any atom is -0.366 e. The van der Waals surface area contributed by atoms with Crippen molar-refractivity contribution in [3.63, 3.8) is 0 Å². The molecule has 3 N–H and O–H groups in total. The molecule has 2 aromatic carbocycles. The second-order valence-electron chi connectivity index (χ2n) is 6.04. The molecule has 0 saturated heterocycles. The first kappa shape index (κ1) is 20.6. The van der Waals surface area contributed by atoms with Gasteiger partial charge in [0.05, 0.1) is 16.7 Å². The molecule has 0 unspecified atom stereocenters. The van der Waals surface area contributed by atoms with Gasteiger partial charge in [-0.2, -0.15) is 0 Å². The van der Waals surface area contributed by atoms with Crippen molar-refractivity contribution >= 4 is 51.8 Å². The maximum atomic E-state index is 12.8. The van der Waals surface area contributed by atoms with E-state index in [4.69, 9.17) is 17.3 Å². The lowest BCUT2D eigenvalue weighted by Crippen LogP contribution is -2.23. The highest BCUT2D eigenvalue weighted by Crippen LogP contribution is 2.21. The van der Waals surface area contributed by atoms with Gasteiger partial charge in [0.1, 0.15) is 0 Å². The van der Waals surface area contributed by atoms with Crippen LogP contribution < -0.4 is 16.6 Å². The van der Waals surface area contributed by atoms with E-state index in [2.05, 4.69) is 16.9 Å². The smallest absolute Gasteiger partial charge is 0.262 e. The first-order chi connectivity index (χ1) is 13.9. The molecule has 0 aliphatic carbocycles. The van der Waals surface area contributed by atoms with Gasteiger partial charge in [0.15, 0.2) is 5.16 Å². The third-order valence-electron chi connectivity index (χ3n) is 3.98. The molecule has 1 heterocycles. The molecule has 0 radical (unpaired) electrons. The number of carbonyl (C=O) groups excluding carboxylic acids is 2. The van der Waals surface area contributed by atoms with Gasteiger partial charge >= 0.3 is 0 Å². The van der Waals surface area contributed by atoms with Crippen molar-refractivity contribution in [2.75, 3.05) is 11.1 Å². The number of fused-ring (bicyclic) bond motifs is 1. The SMILES string of the molecule is C=CCn1c(SCC(=O)Nc2ccc(C(N)=O)cc2)nc2cc(Cl)ccc2c1=O. The number of aromatic nitrogens is 2. The molecule has 0 spiro atoms.